The van der Waals surface area contributed by atoms with E-state index in [2.05, 4.69) is 0 Å². The molecule has 0 bridgehead atoms. The molecule has 0 aromatic heterocycles. The van der Waals surface area contributed by atoms with Crippen molar-refractivity contribution < 1.29 is 19.8 Å². The van der Waals surface area contributed by atoms with Gasteiger partial charge in [-0.25, -0.2) is 9.59 Å². The van der Waals surface area contributed by atoms with Gasteiger partial charge in [-0.3, -0.25) is 0 Å². The summed E-state index contributed by atoms with van der Waals surface area (Å²) in [6.45, 7) is 0. The van der Waals surface area contributed by atoms with Gasteiger partial charge in [-0.1, -0.05) is 34.8 Å². The maximum Gasteiger partial charge on any atom is 0.338 e. The van der Waals surface area contributed by atoms with Gasteiger partial charge in [0.1, 0.15) is 0 Å². The first-order valence-corrected chi connectivity index (χ1v) is 4.63. The van der Waals surface area contributed by atoms with Crippen LogP contribution in [-0.4, -0.2) is 22.2 Å². The number of benzene rings is 1. The first-order chi connectivity index (χ1) is 6.86. The topological polar surface area (TPSA) is 74.6 Å². The van der Waals surface area contributed by atoms with Crippen LogP contribution in [0.3, 0.4) is 0 Å². The Morgan fingerprint density at radius 1 is 1.00 bits per heavy atom. The molecule has 0 amide bonds. The first-order valence-electron chi connectivity index (χ1n) is 3.50. The fourth-order valence-corrected chi connectivity index (χ4v) is 1.74. The zero-order valence-corrected chi connectivity index (χ0v) is 9.19. The van der Waals surface area contributed by atoms with Crippen molar-refractivity contribution in [3.63, 3.8) is 0 Å². The molecule has 7 heteroatoms. The number of hydrogen-bond acceptors (Lipinski definition) is 2. The minimum Gasteiger partial charge on any atom is -0.478 e. The van der Waals surface area contributed by atoms with Gasteiger partial charge in [0.2, 0.25) is 0 Å². The Balaban J connectivity index is 3.63. The fraction of sp³-hybridized carbons (Fsp3) is 0. The molecule has 1 rings (SSSR count). The van der Waals surface area contributed by atoms with Gasteiger partial charge < -0.3 is 10.2 Å². The normalized spacial score (nSPS) is 10.1. The lowest BCUT2D eigenvalue weighted by Crippen LogP contribution is -2.05. The van der Waals surface area contributed by atoms with Crippen LogP contribution in [0.2, 0.25) is 15.1 Å². The molecule has 1 aromatic rings. The lowest BCUT2D eigenvalue weighted by atomic mass is 10.1. The van der Waals surface area contributed by atoms with E-state index in [4.69, 9.17) is 45.0 Å². The lowest BCUT2D eigenvalue weighted by molar-refractivity contribution is 0.0696. The maximum atomic E-state index is 10.7. The Hall–Kier alpha value is -0.970. The highest BCUT2D eigenvalue weighted by atomic mass is 35.5. The molecule has 4 nitrogen and oxygen atoms in total. The number of carbonyl (C=O) groups is 2. The third kappa shape index (κ3) is 2.17. The summed E-state index contributed by atoms with van der Waals surface area (Å²) in [6, 6.07) is 1.00. The predicted molar refractivity (Wildman–Crippen MR) is 55.4 cm³/mol. The van der Waals surface area contributed by atoms with Crippen molar-refractivity contribution in [2.45, 2.75) is 0 Å². The molecular formula is C8H3Cl3O4. The van der Waals surface area contributed by atoms with Crippen LogP contribution in [0.15, 0.2) is 6.07 Å². The third-order valence-corrected chi connectivity index (χ3v) is 2.78. The number of carboxylic acids is 2. The van der Waals surface area contributed by atoms with E-state index < -0.39 is 28.1 Å². The Bertz CT molecular complexity index is 456. The quantitative estimate of drug-likeness (QED) is 0.809. The van der Waals surface area contributed by atoms with Crippen molar-refractivity contribution >= 4 is 46.7 Å². The second-order valence-corrected chi connectivity index (χ2v) is 3.68. The van der Waals surface area contributed by atoms with Gasteiger partial charge in [-0.05, 0) is 6.07 Å². The molecule has 0 saturated carbocycles. The molecular weight excluding hydrogens is 266 g/mol. The minimum absolute atomic E-state index is 0.170. The van der Waals surface area contributed by atoms with Gasteiger partial charge >= 0.3 is 11.9 Å². The SMILES string of the molecule is O=C(O)c1cc(Cl)c(Cl)c(C(=O)O)c1Cl. The number of aromatic carboxylic acids is 2. The third-order valence-electron chi connectivity index (χ3n) is 1.60. The van der Waals surface area contributed by atoms with Crippen LogP contribution >= 0.6 is 34.8 Å². The van der Waals surface area contributed by atoms with Crippen molar-refractivity contribution in [3.05, 3.63) is 32.3 Å². The standard InChI is InChI=1S/C8H3Cl3O4/c9-3-1-2(7(12)13)5(10)4(6(3)11)8(14)15/h1H,(H,12,13)(H,14,15). The van der Waals surface area contributed by atoms with Crippen LogP contribution in [0.5, 0.6) is 0 Å². The van der Waals surface area contributed by atoms with E-state index >= 15 is 0 Å². The molecule has 0 aliphatic rings. The summed E-state index contributed by atoms with van der Waals surface area (Å²) in [5.41, 5.74) is -0.910. The van der Waals surface area contributed by atoms with Crippen molar-refractivity contribution in [2.75, 3.05) is 0 Å². The van der Waals surface area contributed by atoms with E-state index in [-0.39, 0.29) is 10.0 Å². The average Bonchev–Trinajstić information content (AvgIpc) is 2.10. The summed E-state index contributed by atoms with van der Waals surface area (Å²) >= 11 is 16.7. The minimum atomic E-state index is -1.44. The van der Waals surface area contributed by atoms with Crippen molar-refractivity contribution in [1.82, 2.24) is 0 Å². The van der Waals surface area contributed by atoms with Crippen LogP contribution in [0.4, 0.5) is 0 Å². The predicted octanol–water partition coefficient (Wildman–Crippen LogP) is 3.04. The molecule has 0 spiro atoms. The van der Waals surface area contributed by atoms with E-state index in [0.717, 1.165) is 6.07 Å². The first kappa shape index (κ1) is 12.1. The zero-order valence-electron chi connectivity index (χ0n) is 6.92. The van der Waals surface area contributed by atoms with Crippen LogP contribution in [-0.2, 0) is 0 Å². The summed E-state index contributed by atoms with van der Waals surface area (Å²) in [5, 5.41) is 16.6. The van der Waals surface area contributed by atoms with Crippen molar-refractivity contribution in [1.29, 1.82) is 0 Å². The largest absolute Gasteiger partial charge is 0.478 e. The molecule has 1 aromatic carbocycles. The van der Waals surface area contributed by atoms with Crippen molar-refractivity contribution in [3.8, 4) is 0 Å². The fourth-order valence-electron chi connectivity index (χ4n) is 0.947. The number of carboxylic acid groups (broad SMARTS) is 2. The molecule has 15 heavy (non-hydrogen) atoms. The van der Waals surface area contributed by atoms with E-state index in [1.54, 1.807) is 0 Å². The molecule has 80 valence electrons. The number of rotatable bonds is 2. The lowest BCUT2D eigenvalue weighted by Gasteiger charge is -2.06. The Morgan fingerprint density at radius 3 is 1.93 bits per heavy atom. The van der Waals surface area contributed by atoms with Gasteiger partial charge in [-0.15, -0.1) is 0 Å². The summed E-state index contributed by atoms with van der Waals surface area (Å²) in [7, 11) is 0. The van der Waals surface area contributed by atoms with Crippen LogP contribution in [0.25, 0.3) is 0 Å². The molecule has 0 aliphatic carbocycles. The summed E-state index contributed by atoms with van der Waals surface area (Å²) in [6.07, 6.45) is 0. The van der Waals surface area contributed by atoms with E-state index in [1.165, 1.54) is 0 Å². The zero-order chi connectivity index (χ0) is 11.7. The van der Waals surface area contributed by atoms with Gasteiger partial charge in [0, 0.05) is 0 Å². The highest BCUT2D eigenvalue weighted by Gasteiger charge is 2.23. The Morgan fingerprint density at radius 2 is 1.53 bits per heavy atom. The van der Waals surface area contributed by atoms with E-state index in [0.29, 0.717) is 0 Å². The van der Waals surface area contributed by atoms with Gasteiger partial charge in [0.25, 0.3) is 0 Å². The Labute approximate surface area is 99.0 Å². The summed E-state index contributed by atoms with van der Waals surface area (Å²) < 4.78 is 0. The summed E-state index contributed by atoms with van der Waals surface area (Å²) in [4.78, 5) is 21.4. The molecule has 0 atom stereocenters. The van der Waals surface area contributed by atoms with Crippen LogP contribution in [0, 0.1) is 0 Å². The number of halogens is 3. The highest BCUT2D eigenvalue weighted by molar-refractivity contribution is 6.47. The molecule has 0 radical (unpaired) electrons. The molecule has 0 aliphatic heterocycles. The van der Waals surface area contributed by atoms with Crippen LogP contribution < -0.4 is 0 Å². The van der Waals surface area contributed by atoms with Crippen LogP contribution in [0.1, 0.15) is 20.7 Å². The summed E-state index contributed by atoms with van der Waals surface area (Å²) in [5.74, 6) is -2.81. The molecule has 0 heterocycles. The smallest absolute Gasteiger partial charge is 0.338 e. The van der Waals surface area contributed by atoms with E-state index in [1.807, 2.05) is 0 Å². The molecule has 2 N–H and O–H groups in total. The van der Waals surface area contributed by atoms with Gasteiger partial charge in [0.15, 0.2) is 0 Å². The second kappa shape index (κ2) is 4.26. The maximum absolute atomic E-state index is 10.7. The average molecular weight is 269 g/mol. The van der Waals surface area contributed by atoms with Gasteiger partial charge in [-0.2, -0.15) is 0 Å². The van der Waals surface area contributed by atoms with Crippen molar-refractivity contribution in [2.24, 2.45) is 0 Å². The Kier molecular flexibility index (Phi) is 3.44. The molecule has 0 fully saturated rings. The monoisotopic (exact) mass is 268 g/mol. The molecule has 0 unspecified atom stereocenters. The van der Waals surface area contributed by atoms with Gasteiger partial charge in [0.05, 0.1) is 26.2 Å². The second-order valence-electron chi connectivity index (χ2n) is 2.52. The highest BCUT2D eigenvalue weighted by Crippen LogP contribution is 2.34. The van der Waals surface area contributed by atoms with E-state index in [9.17, 15) is 9.59 Å². The number of hydrogen-bond donors (Lipinski definition) is 2. The molecule has 0 saturated heterocycles.